The molecule has 7 heteroatoms. The summed E-state index contributed by atoms with van der Waals surface area (Å²) in [7, 11) is 5.77. The van der Waals surface area contributed by atoms with Gasteiger partial charge in [0.2, 0.25) is 0 Å². The maximum Gasteiger partial charge on any atom is 0.161 e. The van der Waals surface area contributed by atoms with E-state index in [-0.39, 0.29) is 12.4 Å². The molecule has 1 aromatic carbocycles. The summed E-state index contributed by atoms with van der Waals surface area (Å²) in [6, 6.07) is 5.90. The van der Waals surface area contributed by atoms with E-state index >= 15 is 0 Å². The highest BCUT2D eigenvalue weighted by Crippen LogP contribution is 2.29. The van der Waals surface area contributed by atoms with Gasteiger partial charge in [0.05, 0.1) is 26.9 Å². The molecule has 0 aliphatic carbocycles. The van der Waals surface area contributed by atoms with Gasteiger partial charge in [0.15, 0.2) is 11.5 Å². The lowest BCUT2D eigenvalue weighted by atomic mass is 10.1. The van der Waals surface area contributed by atoms with Crippen molar-refractivity contribution in [3.05, 3.63) is 23.8 Å². The monoisotopic (exact) mass is 374 g/mol. The molecule has 1 heterocycles. The molecule has 0 N–H and O–H groups in total. The van der Waals surface area contributed by atoms with Crippen molar-refractivity contribution in [1.82, 2.24) is 9.80 Å². The lowest BCUT2D eigenvalue weighted by Gasteiger charge is -2.29. The third-order valence-corrected chi connectivity index (χ3v) is 4.21. The van der Waals surface area contributed by atoms with E-state index in [1.165, 1.54) is 0 Å². The number of hydrogen-bond acceptors (Lipinski definition) is 5. The summed E-state index contributed by atoms with van der Waals surface area (Å²) in [5.74, 6) is 1.49. The molecule has 1 aliphatic rings. The predicted molar refractivity (Wildman–Crippen MR) is 103 cm³/mol. The summed E-state index contributed by atoms with van der Waals surface area (Å²) in [5, 5.41) is 0. The van der Waals surface area contributed by atoms with Gasteiger partial charge in [0.1, 0.15) is 4.99 Å². The minimum atomic E-state index is 0. The van der Waals surface area contributed by atoms with E-state index in [2.05, 4.69) is 23.9 Å². The number of morpholine rings is 1. The molecule has 0 spiro atoms. The molecule has 1 aliphatic heterocycles. The second-order valence-corrected chi connectivity index (χ2v) is 6.16. The van der Waals surface area contributed by atoms with Gasteiger partial charge in [-0.25, -0.2) is 0 Å². The molecule has 1 aromatic rings. The topological polar surface area (TPSA) is 34.2 Å². The Morgan fingerprint density at radius 3 is 2.58 bits per heavy atom. The highest BCUT2D eigenvalue weighted by Gasteiger charge is 2.17. The van der Waals surface area contributed by atoms with Gasteiger partial charge in [0, 0.05) is 25.2 Å². The van der Waals surface area contributed by atoms with Gasteiger partial charge in [0.25, 0.3) is 0 Å². The Balaban J connectivity index is 0.00000288. The zero-order valence-corrected chi connectivity index (χ0v) is 16.3. The lowest BCUT2D eigenvalue weighted by molar-refractivity contribution is 0.0693. The van der Waals surface area contributed by atoms with E-state index in [0.717, 1.165) is 61.3 Å². The van der Waals surface area contributed by atoms with Crippen molar-refractivity contribution in [2.45, 2.75) is 6.42 Å². The van der Waals surface area contributed by atoms with Crippen molar-refractivity contribution in [2.75, 3.05) is 60.7 Å². The molecular formula is C17H27ClN2O3S. The summed E-state index contributed by atoms with van der Waals surface area (Å²) in [5.41, 5.74) is 0.986. The van der Waals surface area contributed by atoms with Gasteiger partial charge in [-0.1, -0.05) is 12.2 Å². The average Bonchev–Trinajstić information content (AvgIpc) is 2.58. The van der Waals surface area contributed by atoms with Crippen LogP contribution in [-0.2, 0) is 4.74 Å². The number of thiocarbonyl (C=S) groups is 1. The Hall–Kier alpha value is -1.08. The number of halogens is 1. The predicted octanol–water partition coefficient (Wildman–Crippen LogP) is 2.46. The first-order valence-electron chi connectivity index (χ1n) is 7.94. The Bertz CT molecular complexity index is 523. The van der Waals surface area contributed by atoms with Gasteiger partial charge in [-0.2, -0.15) is 0 Å². The summed E-state index contributed by atoms with van der Waals surface area (Å²) in [4.78, 5) is 5.15. The highest BCUT2D eigenvalue weighted by molar-refractivity contribution is 7.80. The van der Waals surface area contributed by atoms with Gasteiger partial charge in [-0.3, -0.25) is 0 Å². The maximum absolute atomic E-state index is 5.83. The highest BCUT2D eigenvalue weighted by atomic mass is 35.5. The largest absolute Gasteiger partial charge is 0.493 e. The Morgan fingerprint density at radius 1 is 1.25 bits per heavy atom. The molecule has 136 valence electrons. The van der Waals surface area contributed by atoms with E-state index in [1.807, 2.05) is 18.2 Å². The fraction of sp³-hybridized carbons (Fsp3) is 0.588. The smallest absolute Gasteiger partial charge is 0.161 e. The van der Waals surface area contributed by atoms with Crippen molar-refractivity contribution in [3.8, 4) is 11.5 Å². The molecule has 0 amide bonds. The van der Waals surface area contributed by atoms with Crippen LogP contribution in [0.1, 0.15) is 12.0 Å². The van der Waals surface area contributed by atoms with Crippen LogP contribution in [0.5, 0.6) is 11.5 Å². The maximum atomic E-state index is 5.83. The SMILES string of the molecule is COc1cc(C(=S)N2CCOCC2)ccc1OCCCN(C)C.Cl. The van der Waals surface area contributed by atoms with Crippen LogP contribution in [0.25, 0.3) is 0 Å². The molecule has 0 unspecified atom stereocenters. The molecule has 0 aromatic heterocycles. The van der Waals surface area contributed by atoms with Crippen LogP contribution >= 0.6 is 24.6 Å². The van der Waals surface area contributed by atoms with Crippen molar-refractivity contribution in [3.63, 3.8) is 0 Å². The number of rotatable bonds is 7. The van der Waals surface area contributed by atoms with E-state index in [4.69, 9.17) is 26.4 Å². The number of ether oxygens (including phenoxy) is 3. The fourth-order valence-electron chi connectivity index (χ4n) is 2.43. The first-order chi connectivity index (χ1) is 11.1. The number of methoxy groups -OCH3 is 1. The van der Waals surface area contributed by atoms with Gasteiger partial charge in [-0.15, -0.1) is 12.4 Å². The summed E-state index contributed by atoms with van der Waals surface area (Å²) >= 11 is 5.59. The second-order valence-electron chi connectivity index (χ2n) is 5.78. The number of hydrogen-bond donors (Lipinski definition) is 0. The lowest BCUT2D eigenvalue weighted by Crippen LogP contribution is -2.40. The molecule has 1 saturated heterocycles. The van der Waals surface area contributed by atoms with Crippen LogP contribution < -0.4 is 9.47 Å². The van der Waals surface area contributed by atoms with Crippen LogP contribution in [0.3, 0.4) is 0 Å². The third-order valence-electron chi connectivity index (χ3n) is 3.72. The Morgan fingerprint density at radius 2 is 1.96 bits per heavy atom. The van der Waals surface area contributed by atoms with E-state index < -0.39 is 0 Å². The summed E-state index contributed by atoms with van der Waals surface area (Å²) in [6.07, 6.45) is 0.976. The van der Waals surface area contributed by atoms with Crippen LogP contribution in [0, 0.1) is 0 Å². The van der Waals surface area contributed by atoms with Crippen molar-refractivity contribution >= 4 is 29.6 Å². The number of nitrogens with zero attached hydrogens (tertiary/aromatic N) is 2. The van der Waals surface area contributed by atoms with Gasteiger partial charge in [-0.05, 0) is 38.7 Å². The minimum absolute atomic E-state index is 0. The average molecular weight is 375 g/mol. The Kier molecular flexibility index (Phi) is 9.36. The third kappa shape index (κ3) is 6.09. The molecular weight excluding hydrogens is 348 g/mol. The quantitative estimate of drug-likeness (QED) is 0.538. The summed E-state index contributed by atoms with van der Waals surface area (Å²) in [6.45, 7) is 4.80. The molecule has 0 bridgehead atoms. The molecule has 0 saturated carbocycles. The molecule has 24 heavy (non-hydrogen) atoms. The standard InChI is InChI=1S/C17H26N2O3S.ClH/c1-18(2)7-4-10-22-15-6-5-14(13-16(15)20-3)17(23)19-8-11-21-12-9-19;/h5-6,13H,4,7-12H2,1-3H3;1H. The molecule has 0 atom stereocenters. The number of benzene rings is 1. The van der Waals surface area contributed by atoms with Crippen LogP contribution in [0.4, 0.5) is 0 Å². The van der Waals surface area contributed by atoms with Crippen molar-refractivity contribution in [1.29, 1.82) is 0 Å². The first-order valence-corrected chi connectivity index (χ1v) is 8.35. The van der Waals surface area contributed by atoms with E-state index in [0.29, 0.717) is 6.61 Å². The second kappa shape index (κ2) is 10.7. The molecule has 1 fully saturated rings. The minimum Gasteiger partial charge on any atom is -0.493 e. The van der Waals surface area contributed by atoms with Crippen LogP contribution in [0.15, 0.2) is 18.2 Å². The van der Waals surface area contributed by atoms with Crippen molar-refractivity contribution in [2.24, 2.45) is 0 Å². The summed E-state index contributed by atoms with van der Waals surface area (Å²) < 4.78 is 16.7. The van der Waals surface area contributed by atoms with Crippen LogP contribution in [-0.4, -0.2) is 75.4 Å². The fourth-order valence-corrected chi connectivity index (χ4v) is 2.74. The van der Waals surface area contributed by atoms with Crippen molar-refractivity contribution < 1.29 is 14.2 Å². The normalized spacial score (nSPS) is 14.2. The zero-order valence-electron chi connectivity index (χ0n) is 14.6. The molecule has 5 nitrogen and oxygen atoms in total. The molecule has 2 rings (SSSR count). The zero-order chi connectivity index (χ0) is 16.7. The van der Waals surface area contributed by atoms with Crippen LogP contribution in [0.2, 0.25) is 0 Å². The van der Waals surface area contributed by atoms with Gasteiger partial charge >= 0.3 is 0 Å². The van der Waals surface area contributed by atoms with E-state index in [9.17, 15) is 0 Å². The van der Waals surface area contributed by atoms with Gasteiger partial charge < -0.3 is 24.0 Å². The van der Waals surface area contributed by atoms with E-state index in [1.54, 1.807) is 7.11 Å². The Labute approximate surface area is 156 Å². The molecule has 0 radical (unpaired) electrons. The first kappa shape index (κ1) is 21.0.